The van der Waals surface area contributed by atoms with Gasteiger partial charge in [0.1, 0.15) is 29.7 Å². The Hall–Kier alpha value is -3.05. The van der Waals surface area contributed by atoms with Crippen molar-refractivity contribution in [3.8, 4) is 0 Å². The largest absolute Gasteiger partial charge is 0.369 e. The summed E-state index contributed by atoms with van der Waals surface area (Å²) in [6, 6.07) is 1.83. The zero-order chi connectivity index (χ0) is 19.7. The number of nitrogens with zero attached hydrogens (tertiary/aromatic N) is 6. The molecule has 1 aliphatic heterocycles. The van der Waals surface area contributed by atoms with E-state index in [1.54, 1.807) is 15.6 Å². The summed E-state index contributed by atoms with van der Waals surface area (Å²) in [5, 5.41) is 10.5. The van der Waals surface area contributed by atoms with Gasteiger partial charge in [0, 0.05) is 25.7 Å². The van der Waals surface area contributed by atoms with E-state index in [1.165, 1.54) is 0 Å². The highest BCUT2D eigenvalue weighted by atomic mass is 16.5. The molecule has 4 heterocycles. The molecule has 0 radical (unpaired) electrons. The number of imidazole rings is 1. The number of hydrogen-bond acceptors (Lipinski definition) is 8. The standard InChI is InChI=1S/C17H23N9O2/c1-3-26-12(6-10(2)24-26)21-13(27)8-25-9-20-15-14(11-7-19-4-5-28-11)22-17(18)23-16(15)25/h6,9,11,19H,3-5,7-8H2,1-2H3,(H,21,27)(H2,18,22,23). The van der Waals surface area contributed by atoms with Crippen molar-refractivity contribution in [3.05, 3.63) is 23.8 Å². The number of carbonyl (C=O) groups excluding carboxylic acids is 1. The third-order valence-electron chi connectivity index (χ3n) is 4.52. The zero-order valence-electron chi connectivity index (χ0n) is 15.8. The molecule has 1 amide bonds. The maximum Gasteiger partial charge on any atom is 0.245 e. The molecule has 11 heteroatoms. The number of nitrogens with one attached hydrogen (secondary N) is 2. The molecule has 1 unspecified atom stereocenters. The highest BCUT2D eigenvalue weighted by molar-refractivity contribution is 5.90. The van der Waals surface area contributed by atoms with Crippen molar-refractivity contribution in [2.45, 2.75) is 33.0 Å². The Balaban J connectivity index is 1.59. The molecule has 0 saturated carbocycles. The van der Waals surface area contributed by atoms with Gasteiger partial charge in [-0.05, 0) is 13.8 Å². The number of morpholine rings is 1. The van der Waals surface area contributed by atoms with Gasteiger partial charge >= 0.3 is 0 Å². The number of anilines is 2. The van der Waals surface area contributed by atoms with Crippen molar-refractivity contribution >= 4 is 28.8 Å². The van der Waals surface area contributed by atoms with Crippen LogP contribution in [0, 0.1) is 6.92 Å². The van der Waals surface area contributed by atoms with Gasteiger partial charge in [-0.1, -0.05) is 0 Å². The minimum atomic E-state index is -0.249. The Bertz CT molecular complexity index is 1000. The number of rotatable bonds is 5. The van der Waals surface area contributed by atoms with Crippen LogP contribution in [-0.2, 0) is 22.6 Å². The Morgan fingerprint density at radius 2 is 2.32 bits per heavy atom. The Morgan fingerprint density at radius 3 is 3.07 bits per heavy atom. The molecule has 0 aliphatic carbocycles. The summed E-state index contributed by atoms with van der Waals surface area (Å²) in [6.45, 7) is 6.57. The van der Waals surface area contributed by atoms with Gasteiger partial charge in [0.25, 0.3) is 0 Å². The highest BCUT2D eigenvalue weighted by Gasteiger charge is 2.23. The molecular formula is C17H23N9O2. The summed E-state index contributed by atoms with van der Waals surface area (Å²) in [4.78, 5) is 25.6. The molecule has 1 saturated heterocycles. The molecule has 4 rings (SSSR count). The van der Waals surface area contributed by atoms with Crippen LogP contribution in [0.1, 0.15) is 24.4 Å². The normalized spacial score (nSPS) is 17.1. The molecule has 11 nitrogen and oxygen atoms in total. The number of nitrogen functional groups attached to an aromatic ring is 1. The second kappa shape index (κ2) is 7.52. The summed E-state index contributed by atoms with van der Waals surface area (Å²) in [5.74, 6) is 0.577. The van der Waals surface area contributed by atoms with E-state index in [9.17, 15) is 4.79 Å². The van der Waals surface area contributed by atoms with Crippen LogP contribution in [0.25, 0.3) is 11.2 Å². The molecule has 148 valence electrons. The molecular weight excluding hydrogens is 362 g/mol. The van der Waals surface area contributed by atoms with Crippen molar-refractivity contribution in [2.75, 3.05) is 30.7 Å². The zero-order valence-corrected chi connectivity index (χ0v) is 15.8. The van der Waals surface area contributed by atoms with Crippen LogP contribution >= 0.6 is 0 Å². The lowest BCUT2D eigenvalue weighted by Crippen LogP contribution is -2.34. The fourth-order valence-electron chi connectivity index (χ4n) is 3.29. The molecule has 0 aromatic carbocycles. The van der Waals surface area contributed by atoms with Crippen molar-refractivity contribution < 1.29 is 9.53 Å². The molecule has 1 aliphatic rings. The number of ether oxygens (including phenoxy) is 1. The van der Waals surface area contributed by atoms with Gasteiger partial charge in [-0.3, -0.25) is 4.79 Å². The summed E-state index contributed by atoms with van der Waals surface area (Å²) >= 11 is 0. The molecule has 3 aromatic heterocycles. The number of amides is 1. The Morgan fingerprint density at radius 1 is 1.46 bits per heavy atom. The van der Waals surface area contributed by atoms with E-state index >= 15 is 0 Å². The predicted octanol–water partition coefficient (Wildman–Crippen LogP) is 0.233. The topological polar surface area (TPSA) is 138 Å². The quantitative estimate of drug-likeness (QED) is 0.567. The number of aromatic nitrogens is 6. The first kappa shape index (κ1) is 18.3. The van der Waals surface area contributed by atoms with Gasteiger partial charge in [-0.25, -0.2) is 14.6 Å². The Kier molecular flexibility index (Phi) is 4.92. The van der Waals surface area contributed by atoms with E-state index in [4.69, 9.17) is 10.5 Å². The molecule has 4 N–H and O–H groups in total. The molecule has 1 atom stereocenters. The average molecular weight is 385 g/mol. The van der Waals surface area contributed by atoms with E-state index in [-0.39, 0.29) is 24.5 Å². The second-order valence-electron chi connectivity index (χ2n) is 6.61. The van der Waals surface area contributed by atoms with E-state index in [2.05, 4.69) is 30.7 Å². The van der Waals surface area contributed by atoms with Crippen LogP contribution in [0.2, 0.25) is 0 Å². The van der Waals surface area contributed by atoms with Gasteiger partial charge in [0.05, 0.1) is 18.6 Å². The van der Waals surface area contributed by atoms with E-state index in [1.807, 2.05) is 19.9 Å². The first-order chi connectivity index (χ1) is 13.5. The lowest BCUT2D eigenvalue weighted by atomic mass is 10.2. The highest BCUT2D eigenvalue weighted by Crippen LogP contribution is 2.24. The fraction of sp³-hybridized carbons (Fsp3) is 0.471. The van der Waals surface area contributed by atoms with Crippen molar-refractivity contribution in [2.24, 2.45) is 0 Å². The monoisotopic (exact) mass is 385 g/mol. The van der Waals surface area contributed by atoms with Crippen molar-refractivity contribution in [1.82, 2.24) is 34.6 Å². The second-order valence-corrected chi connectivity index (χ2v) is 6.61. The number of fused-ring (bicyclic) bond motifs is 1. The van der Waals surface area contributed by atoms with Gasteiger partial charge in [0.2, 0.25) is 11.9 Å². The summed E-state index contributed by atoms with van der Waals surface area (Å²) in [7, 11) is 0. The van der Waals surface area contributed by atoms with Crippen LogP contribution in [0.5, 0.6) is 0 Å². The van der Waals surface area contributed by atoms with E-state index < -0.39 is 0 Å². The van der Waals surface area contributed by atoms with Gasteiger partial charge in [0.15, 0.2) is 5.65 Å². The maximum atomic E-state index is 12.6. The van der Waals surface area contributed by atoms with Crippen LogP contribution in [0.4, 0.5) is 11.8 Å². The minimum absolute atomic E-state index is 0.0457. The number of carbonyl (C=O) groups is 1. The van der Waals surface area contributed by atoms with Crippen LogP contribution in [0.15, 0.2) is 12.4 Å². The summed E-state index contributed by atoms with van der Waals surface area (Å²) < 4.78 is 9.17. The number of hydrogen-bond donors (Lipinski definition) is 3. The van der Waals surface area contributed by atoms with Crippen LogP contribution < -0.4 is 16.4 Å². The molecule has 0 bridgehead atoms. The smallest absolute Gasteiger partial charge is 0.245 e. The van der Waals surface area contributed by atoms with Gasteiger partial charge in [-0.2, -0.15) is 10.1 Å². The lowest BCUT2D eigenvalue weighted by Gasteiger charge is -2.23. The average Bonchev–Trinajstić information content (AvgIpc) is 3.24. The predicted molar refractivity (Wildman–Crippen MR) is 103 cm³/mol. The molecule has 1 fully saturated rings. The van der Waals surface area contributed by atoms with Gasteiger partial charge in [-0.15, -0.1) is 0 Å². The summed E-state index contributed by atoms with van der Waals surface area (Å²) in [6.07, 6.45) is 1.32. The van der Waals surface area contributed by atoms with Crippen LogP contribution in [-0.4, -0.2) is 54.9 Å². The third kappa shape index (κ3) is 3.53. The van der Waals surface area contributed by atoms with Gasteiger partial charge < -0.3 is 25.7 Å². The Labute approximate surface area is 161 Å². The SMILES string of the molecule is CCn1nc(C)cc1NC(=O)Cn1cnc2c(C3CNCCO3)nc(N)nc21. The van der Waals surface area contributed by atoms with Crippen molar-refractivity contribution in [3.63, 3.8) is 0 Å². The molecule has 28 heavy (non-hydrogen) atoms. The first-order valence-corrected chi connectivity index (χ1v) is 9.20. The number of nitrogens with two attached hydrogens (primary N) is 1. The number of aryl methyl sites for hydroxylation is 2. The molecule has 0 spiro atoms. The summed E-state index contributed by atoms with van der Waals surface area (Å²) in [5.41, 5.74) is 8.47. The maximum absolute atomic E-state index is 12.6. The van der Waals surface area contributed by atoms with E-state index in [0.29, 0.717) is 42.4 Å². The lowest BCUT2D eigenvalue weighted by molar-refractivity contribution is -0.116. The third-order valence-corrected chi connectivity index (χ3v) is 4.52. The fourth-order valence-corrected chi connectivity index (χ4v) is 3.29. The van der Waals surface area contributed by atoms with Crippen LogP contribution in [0.3, 0.4) is 0 Å². The van der Waals surface area contributed by atoms with Crippen molar-refractivity contribution in [1.29, 1.82) is 0 Å². The van der Waals surface area contributed by atoms with E-state index in [0.717, 1.165) is 12.2 Å². The molecule has 3 aromatic rings. The minimum Gasteiger partial charge on any atom is -0.369 e. The first-order valence-electron chi connectivity index (χ1n) is 9.20.